The molecule has 1 fully saturated rings. The van der Waals surface area contributed by atoms with Crippen molar-refractivity contribution in [3.63, 3.8) is 0 Å². The highest BCUT2D eigenvalue weighted by molar-refractivity contribution is 7.89. The van der Waals surface area contributed by atoms with Gasteiger partial charge >= 0.3 is 0 Å². The number of ether oxygens (including phenoxy) is 1. The van der Waals surface area contributed by atoms with E-state index in [0.29, 0.717) is 25.6 Å². The predicted molar refractivity (Wildman–Crippen MR) is 108 cm³/mol. The maximum Gasteiger partial charge on any atom is 0.251 e. The largest absolute Gasteiger partial charge is 0.495 e. The number of nitrogens with zero attached hydrogens (tertiary/aromatic N) is 2. The van der Waals surface area contributed by atoms with Crippen LogP contribution in [0.4, 0.5) is 0 Å². The molecule has 0 aliphatic carbocycles. The molecular weight excluding hydrogens is 398 g/mol. The van der Waals surface area contributed by atoms with Crippen molar-refractivity contribution in [2.24, 2.45) is 0 Å². The van der Waals surface area contributed by atoms with E-state index >= 15 is 0 Å². The smallest absolute Gasteiger partial charge is 0.251 e. The van der Waals surface area contributed by atoms with Crippen molar-refractivity contribution in [2.75, 3.05) is 20.2 Å². The first-order valence-corrected chi connectivity index (χ1v) is 11.6. The second kappa shape index (κ2) is 8.59. The first-order valence-electron chi connectivity index (χ1n) is 9.23. The summed E-state index contributed by atoms with van der Waals surface area (Å²) in [5.74, 6) is 0.235. The van der Waals surface area contributed by atoms with Crippen LogP contribution in [0.2, 0.25) is 0 Å². The molecule has 2 aromatic rings. The van der Waals surface area contributed by atoms with E-state index in [2.05, 4.69) is 24.1 Å². The number of rotatable bonds is 7. The van der Waals surface area contributed by atoms with E-state index < -0.39 is 10.0 Å². The van der Waals surface area contributed by atoms with Crippen LogP contribution >= 0.6 is 11.3 Å². The summed E-state index contributed by atoms with van der Waals surface area (Å²) in [4.78, 5) is 17.1. The van der Waals surface area contributed by atoms with E-state index in [0.717, 1.165) is 23.5 Å². The summed E-state index contributed by atoms with van der Waals surface area (Å²) < 4.78 is 32.6. The fourth-order valence-corrected chi connectivity index (χ4v) is 5.56. The molecule has 1 N–H and O–H groups in total. The highest BCUT2D eigenvalue weighted by Gasteiger charge is 2.30. The average molecular weight is 424 g/mol. The summed E-state index contributed by atoms with van der Waals surface area (Å²) in [7, 11) is -2.27. The van der Waals surface area contributed by atoms with Crippen LogP contribution in [0.5, 0.6) is 5.75 Å². The highest BCUT2D eigenvalue weighted by Crippen LogP contribution is 2.30. The molecule has 9 heteroatoms. The second-order valence-corrected chi connectivity index (χ2v) is 9.79. The van der Waals surface area contributed by atoms with Gasteiger partial charge in [0.2, 0.25) is 10.0 Å². The molecule has 7 nitrogen and oxygen atoms in total. The van der Waals surface area contributed by atoms with Crippen LogP contribution in [-0.4, -0.2) is 43.8 Å². The summed E-state index contributed by atoms with van der Waals surface area (Å²) >= 11 is 1.57. The Labute approximate surface area is 169 Å². The summed E-state index contributed by atoms with van der Waals surface area (Å²) in [5, 5.41) is 5.75. The van der Waals surface area contributed by atoms with Gasteiger partial charge in [-0.25, -0.2) is 13.4 Å². The third kappa shape index (κ3) is 4.37. The number of nitrogens with one attached hydrogen (secondary N) is 1. The molecule has 0 bridgehead atoms. The summed E-state index contributed by atoms with van der Waals surface area (Å²) in [6.45, 7) is 5.41. The third-order valence-corrected chi connectivity index (χ3v) is 7.72. The minimum absolute atomic E-state index is 0.0281. The van der Waals surface area contributed by atoms with Gasteiger partial charge in [0.15, 0.2) is 0 Å². The van der Waals surface area contributed by atoms with E-state index in [1.807, 2.05) is 5.38 Å². The van der Waals surface area contributed by atoms with Crippen LogP contribution in [0, 0.1) is 0 Å². The quantitative estimate of drug-likeness (QED) is 0.740. The van der Waals surface area contributed by atoms with Crippen molar-refractivity contribution < 1.29 is 17.9 Å². The molecule has 2 heterocycles. The Kier molecular flexibility index (Phi) is 6.36. The number of benzene rings is 1. The van der Waals surface area contributed by atoms with Gasteiger partial charge in [0.25, 0.3) is 5.91 Å². The Morgan fingerprint density at radius 2 is 2.04 bits per heavy atom. The highest BCUT2D eigenvalue weighted by atomic mass is 32.2. The Bertz CT molecular complexity index is 948. The number of aromatic nitrogens is 1. The zero-order valence-corrected chi connectivity index (χ0v) is 17.9. The Hall–Kier alpha value is -1.97. The lowest BCUT2D eigenvalue weighted by Gasteiger charge is -2.18. The van der Waals surface area contributed by atoms with Gasteiger partial charge < -0.3 is 10.1 Å². The van der Waals surface area contributed by atoms with Crippen LogP contribution in [0.1, 0.15) is 53.7 Å². The van der Waals surface area contributed by atoms with Crippen LogP contribution in [-0.2, 0) is 16.6 Å². The predicted octanol–water partition coefficient (Wildman–Crippen LogP) is 2.99. The van der Waals surface area contributed by atoms with Crippen molar-refractivity contribution in [3.8, 4) is 5.75 Å². The monoisotopic (exact) mass is 423 g/mol. The maximum atomic E-state index is 12.9. The summed E-state index contributed by atoms with van der Waals surface area (Å²) in [6, 6.07) is 4.48. The van der Waals surface area contributed by atoms with Crippen molar-refractivity contribution in [1.82, 2.24) is 14.6 Å². The topological polar surface area (TPSA) is 88.6 Å². The van der Waals surface area contributed by atoms with Gasteiger partial charge in [0.05, 0.1) is 24.4 Å². The molecule has 152 valence electrons. The molecule has 0 spiro atoms. The number of hydrogen-bond donors (Lipinski definition) is 1. The molecule has 3 rings (SSSR count). The van der Waals surface area contributed by atoms with Crippen LogP contribution in [0.25, 0.3) is 0 Å². The van der Waals surface area contributed by atoms with Crippen molar-refractivity contribution >= 4 is 27.3 Å². The summed E-state index contributed by atoms with van der Waals surface area (Å²) in [5.41, 5.74) is 1.07. The average Bonchev–Trinajstić information content (AvgIpc) is 3.37. The van der Waals surface area contributed by atoms with Gasteiger partial charge in [-0.05, 0) is 31.0 Å². The van der Waals surface area contributed by atoms with E-state index in [-0.39, 0.29) is 22.1 Å². The van der Waals surface area contributed by atoms with Crippen LogP contribution < -0.4 is 10.1 Å². The molecule has 28 heavy (non-hydrogen) atoms. The molecule has 1 amide bonds. The molecule has 1 aliphatic rings. The number of carbonyl (C=O) groups is 1. The number of sulfonamides is 1. The Morgan fingerprint density at radius 3 is 2.64 bits per heavy atom. The fourth-order valence-electron chi connectivity index (χ4n) is 3.03. The molecular formula is C19H25N3O4S2. The van der Waals surface area contributed by atoms with Gasteiger partial charge in [-0.1, -0.05) is 13.8 Å². The zero-order chi connectivity index (χ0) is 20.3. The van der Waals surface area contributed by atoms with Crippen LogP contribution in [0.15, 0.2) is 28.5 Å². The number of methoxy groups -OCH3 is 1. The molecule has 0 saturated carbocycles. The molecule has 1 saturated heterocycles. The normalized spacial score (nSPS) is 15.1. The lowest BCUT2D eigenvalue weighted by Crippen LogP contribution is -2.29. The minimum atomic E-state index is -3.69. The summed E-state index contributed by atoms with van der Waals surface area (Å²) in [6.07, 6.45) is 1.68. The van der Waals surface area contributed by atoms with Gasteiger partial charge in [0.1, 0.15) is 10.6 Å². The number of carbonyl (C=O) groups excluding carboxylic acids is 1. The first-order chi connectivity index (χ1) is 13.3. The minimum Gasteiger partial charge on any atom is -0.495 e. The maximum absolute atomic E-state index is 12.9. The van der Waals surface area contributed by atoms with E-state index in [1.54, 1.807) is 17.4 Å². The van der Waals surface area contributed by atoms with Crippen LogP contribution in [0.3, 0.4) is 0 Å². The second-order valence-electron chi connectivity index (χ2n) is 6.99. The van der Waals surface area contributed by atoms with E-state index in [1.165, 1.54) is 23.5 Å². The third-order valence-electron chi connectivity index (χ3n) is 4.60. The van der Waals surface area contributed by atoms with Gasteiger partial charge in [-0.3, -0.25) is 4.79 Å². The van der Waals surface area contributed by atoms with Gasteiger partial charge in [-0.15, -0.1) is 11.3 Å². The van der Waals surface area contributed by atoms with Crippen molar-refractivity contribution in [1.29, 1.82) is 0 Å². The fraction of sp³-hybridized carbons (Fsp3) is 0.474. The van der Waals surface area contributed by atoms with Gasteiger partial charge in [-0.2, -0.15) is 4.31 Å². The SMILES string of the molecule is COc1ccc(C(=O)NCc2csc(C(C)C)n2)cc1S(=O)(=O)N1CCCC1. The number of thiazole rings is 1. The molecule has 0 unspecified atom stereocenters. The van der Waals surface area contributed by atoms with Crippen molar-refractivity contribution in [3.05, 3.63) is 39.8 Å². The molecule has 1 aromatic heterocycles. The zero-order valence-electron chi connectivity index (χ0n) is 16.3. The standard InChI is InChI=1S/C19H25N3O4S2/c1-13(2)19-21-15(12-27-19)11-20-18(23)14-6-7-16(26-3)17(10-14)28(24,25)22-8-4-5-9-22/h6-7,10,12-13H,4-5,8-9,11H2,1-3H3,(H,20,23). The van der Waals surface area contributed by atoms with Gasteiger partial charge in [0, 0.05) is 30.0 Å². The Balaban J connectivity index is 1.78. The number of amides is 1. The Morgan fingerprint density at radius 1 is 1.32 bits per heavy atom. The molecule has 1 aliphatic heterocycles. The number of hydrogen-bond acceptors (Lipinski definition) is 6. The first kappa shape index (κ1) is 20.8. The van der Waals surface area contributed by atoms with E-state index in [4.69, 9.17) is 4.74 Å². The van der Waals surface area contributed by atoms with E-state index in [9.17, 15) is 13.2 Å². The lowest BCUT2D eigenvalue weighted by molar-refractivity contribution is 0.0950. The molecule has 1 aromatic carbocycles. The molecule has 0 atom stereocenters. The lowest BCUT2D eigenvalue weighted by atomic mass is 10.2. The van der Waals surface area contributed by atoms with Crippen molar-refractivity contribution in [2.45, 2.75) is 44.0 Å². The molecule has 0 radical (unpaired) electrons.